The zero-order valence-electron chi connectivity index (χ0n) is 17.4. The van der Waals surface area contributed by atoms with Crippen molar-refractivity contribution < 1.29 is 23.9 Å². The minimum atomic E-state index is -0.714. The Hall–Kier alpha value is -2.61. The maximum atomic E-state index is 12.5. The molecule has 0 bridgehead atoms. The molecule has 0 spiro atoms. The molecule has 1 unspecified atom stereocenters. The van der Waals surface area contributed by atoms with Crippen LogP contribution in [0, 0.1) is 5.92 Å². The molecular weight excluding hydrogens is 374 g/mol. The standard InChI is InChI=1S/C21H31N3O5/c1-4-10-28-17-7-5-6-16(11-17)23-19(25)13-24-9-8-22-21(27)18(24)12-20(26)29-14-15(2)3/h5-7,11,15,18H,4,8-10,12-14H2,1-3H3,(H,22,27)(H,23,25). The number of benzene rings is 1. The lowest BCUT2D eigenvalue weighted by atomic mass is 10.1. The van der Waals surface area contributed by atoms with Gasteiger partial charge in [0.05, 0.1) is 26.2 Å². The number of esters is 1. The Morgan fingerprint density at radius 3 is 2.86 bits per heavy atom. The molecule has 2 rings (SSSR count). The molecule has 1 aliphatic rings. The topological polar surface area (TPSA) is 97.0 Å². The number of ether oxygens (including phenoxy) is 2. The van der Waals surface area contributed by atoms with E-state index < -0.39 is 12.0 Å². The number of carbonyl (C=O) groups excluding carboxylic acids is 3. The van der Waals surface area contributed by atoms with Gasteiger partial charge in [-0.1, -0.05) is 26.8 Å². The predicted molar refractivity (Wildman–Crippen MR) is 110 cm³/mol. The molecule has 29 heavy (non-hydrogen) atoms. The van der Waals surface area contributed by atoms with Crippen molar-refractivity contribution in [3.8, 4) is 5.75 Å². The number of hydrogen-bond donors (Lipinski definition) is 2. The molecule has 2 N–H and O–H groups in total. The van der Waals surface area contributed by atoms with E-state index in [-0.39, 0.29) is 30.7 Å². The fourth-order valence-electron chi connectivity index (χ4n) is 2.92. The summed E-state index contributed by atoms with van der Waals surface area (Å²) in [6, 6.07) is 6.47. The third kappa shape index (κ3) is 7.73. The van der Waals surface area contributed by atoms with Crippen LogP contribution in [0.25, 0.3) is 0 Å². The van der Waals surface area contributed by atoms with Crippen LogP contribution >= 0.6 is 0 Å². The Balaban J connectivity index is 1.94. The number of carbonyl (C=O) groups is 3. The first-order valence-corrected chi connectivity index (χ1v) is 10.1. The van der Waals surface area contributed by atoms with E-state index in [1.54, 1.807) is 17.0 Å². The van der Waals surface area contributed by atoms with Crippen molar-refractivity contribution in [3.05, 3.63) is 24.3 Å². The van der Waals surface area contributed by atoms with Crippen LogP contribution < -0.4 is 15.4 Å². The van der Waals surface area contributed by atoms with Gasteiger partial charge in [0, 0.05) is 24.8 Å². The molecule has 1 fully saturated rings. The minimum Gasteiger partial charge on any atom is -0.494 e. The first kappa shape index (κ1) is 22.7. The van der Waals surface area contributed by atoms with Gasteiger partial charge in [0.1, 0.15) is 11.8 Å². The first-order valence-electron chi connectivity index (χ1n) is 10.1. The van der Waals surface area contributed by atoms with Crippen molar-refractivity contribution in [2.75, 3.05) is 38.2 Å². The molecule has 0 aliphatic carbocycles. The Bertz CT molecular complexity index is 707. The number of amides is 2. The van der Waals surface area contributed by atoms with Crippen LogP contribution in [0.2, 0.25) is 0 Å². The number of nitrogens with one attached hydrogen (secondary N) is 2. The van der Waals surface area contributed by atoms with Crippen molar-refractivity contribution in [2.24, 2.45) is 5.92 Å². The maximum absolute atomic E-state index is 12.5. The van der Waals surface area contributed by atoms with Gasteiger partial charge >= 0.3 is 5.97 Å². The molecule has 8 nitrogen and oxygen atoms in total. The second-order valence-electron chi connectivity index (χ2n) is 7.48. The molecule has 0 saturated carbocycles. The zero-order chi connectivity index (χ0) is 21.2. The van der Waals surface area contributed by atoms with Crippen LogP contribution in [0.3, 0.4) is 0 Å². The van der Waals surface area contributed by atoms with Crippen LogP contribution in [-0.4, -0.2) is 61.6 Å². The summed E-state index contributed by atoms with van der Waals surface area (Å²) < 4.78 is 10.8. The van der Waals surface area contributed by atoms with E-state index in [1.807, 2.05) is 32.9 Å². The van der Waals surface area contributed by atoms with Crippen molar-refractivity contribution in [2.45, 2.75) is 39.7 Å². The van der Waals surface area contributed by atoms with Crippen LogP contribution in [0.4, 0.5) is 5.69 Å². The van der Waals surface area contributed by atoms with Crippen molar-refractivity contribution >= 4 is 23.5 Å². The Kier molecular flexibility index (Phi) is 8.92. The van der Waals surface area contributed by atoms with E-state index in [0.29, 0.717) is 37.7 Å². The highest BCUT2D eigenvalue weighted by molar-refractivity contribution is 5.93. The van der Waals surface area contributed by atoms with Gasteiger partial charge in [0.25, 0.3) is 0 Å². The highest BCUT2D eigenvalue weighted by Gasteiger charge is 2.33. The summed E-state index contributed by atoms with van der Waals surface area (Å²) in [5.41, 5.74) is 0.623. The number of anilines is 1. The van der Waals surface area contributed by atoms with Crippen molar-refractivity contribution in [1.82, 2.24) is 10.2 Å². The van der Waals surface area contributed by atoms with Crippen LogP contribution in [-0.2, 0) is 19.1 Å². The van der Waals surface area contributed by atoms with Gasteiger partial charge in [-0.25, -0.2) is 0 Å². The van der Waals surface area contributed by atoms with E-state index in [4.69, 9.17) is 9.47 Å². The van der Waals surface area contributed by atoms with Crippen molar-refractivity contribution in [3.63, 3.8) is 0 Å². The molecule has 2 amide bonds. The molecule has 8 heteroatoms. The summed E-state index contributed by atoms with van der Waals surface area (Å²) in [5.74, 6) is -0.0498. The Morgan fingerprint density at radius 1 is 1.34 bits per heavy atom. The molecule has 1 aromatic rings. The summed E-state index contributed by atoms with van der Waals surface area (Å²) >= 11 is 0. The molecule has 1 saturated heterocycles. The lowest BCUT2D eigenvalue weighted by Gasteiger charge is -2.33. The average Bonchev–Trinajstić information content (AvgIpc) is 2.67. The quantitative estimate of drug-likeness (QED) is 0.576. The second-order valence-corrected chi connectivity index (χ2v) is 7.48. The molecule has 1 heterocycles. The average molecular weight is 405 g/mol. The third-order valence-corrected chi connectivity index (χ3v) is 4.32. The van der Waals surface area contributed by atoms with Gasteiger partial charge < -0.3 is 20.1 Å². The SMILES string of the molecule is CCCOc1cccc(NC(=O)CN2CCNC(=O)C2CC(=O)OCC(C)C)c1. The number of rotatable bonds is 10. The van der Waals surface area contributed by atoms with Crippen molar-refractivity contribution in [1.29, 1.82) is 0 Å². The Labute approximate surface area is 171 Å². The molecule has 160 valence electrons. The highest BCUT2D eigenvalue weighted by Crippen LogP contribution is 2.18. The number of nitrogens with zero attached hydrogens (tertiary/aromatic N) is 1. The summed E-state index contributed by atoms with van der Waals surface area (Å²) in [6.07, 6.45) is 0.820. The number of hydrogen-bond acceptors (Lipinski definition) is 6. The summed E-state index contributed by atoms with van der Waals surface area (Å²) in [5, 5.41) is 5.57. The molecule has 1 aliphatic heterocycles. The molecule has 0 radical (unpaired) electrons. The largest absolute Gasteiger partial charge is 0.494 e. The van der Waals surface area contributed by atoms with Gasteiger partial charge in [-0.3, -0.25) is 19.3 Å². The molecular formula is C21H31N3O5. The lowest BCUT2D eigenvalue weighted by molar-refractivity contribution is -0.149. The van der Waals surface area contributed by atoms with Gasteiger partial charge in [0.2, 0.25) is 11.8 Å². The molecule has 1 atom stereocenters. The third-order valence-electron chi connectivity index (χ3n) is 4.32. The van der Waals surface area contributed by atoms with Crippen LogP contribution in [0.15, 0.2) is 24.3 Å². The van der Waals surface area contributed by atoms with E-state index in [0.717, 1.165) is 6.42 Å². The summed E-state index contributed by atoms with van der Waals surface area (Å²) in [4.78, 5) is 38.5. The van der Waals surface area contributed by atoms with E-state index in [1.165, 1.54) is 0 Å². The Morgan fingerprint density at radius 2 is 2.14 bits per heavy atom. The molecule has 1 aromatic carbocycles. The second kappa shape index (κ2) is 11.4. The smallest absolute Gasteiger partial charge is 0.307 e. The maximum Gasteiger partial charge on any atom is 0.307 e. The van der Waals surface area contributed by atoms with Crippen LogP contribution in [0.1, 0.15) is 33.6 Å². The first-order chi connectivity index (χ1) is 13.9. The van der Waals surface area contributed by atoms with Gasteiger partial charge in [-0.2, -0.15) is 0 Å². The molecule has 0 aromatic heterocycles. The van der Waals surface area contributed by atoms with E-state index in [9.17, 15) is 14.4 Å². The fourth-order valence-corrected chi connectivity index (χ4v) is 2.92. The van der Waals surface area contributed by atoms with Gasteiger partial charge in [-0.05, 0) is 24.5 Å². The normalized spacial score (nSPS) is 17.0. The highest BCUT2D eigenvalue weighted by atomic mass is 16.5. The summed E-state index contributed by atoms with van der Waals surface area (Å²) in [6.45, 7) is 7.76. The van der Waals surface area contributed by atoms with Crippen LogP contribution in [0.5, 0.6) is 5.75 Å². The fraction of sp³-hybridized carbons (Fsp3) is 0.571. The van der Waals surface area contributed by atoms with Gasteiger partial charge in [-0.15, -0.1) is 0 Å². The van der Waals surface area contributed by atoms with E-state index >= 15 is 0 Å². The van der Waals surface area contributed by atoms with Gasteiger partial charge in [0.15, 0.2) is 0 Å². The predicted octanol–water partition coefficient (Wildman–Crippen LogP) is 1.80. The monoisotopic (exact) mass is 405 g/mol. The summed E-state index contributed by atoms with van der Waals surface area (Å²) in [7, 11) is 0. The minimum absolute atomic E-state index is 0.00952. The van der Waals surface area contributed by atoms with E-state index in [2.05, 4.69) is 10.6 Å². The zero-order valence-corrected chi connectivity index (χ0v) is 17.4. The lowest BCUT2D eigenvalue weighted by Crippen LogP contribution is -2.57. The number of piperazine rings is 1.